The predicted molar refractivity (Wildman–Crippen MR) is 340 cm³/mol. The Hall–Kier alpha value is -1.95. The van der Waals surface area contributed by atoms with Crippen molar-refractivity contribution in [1.82, 2.24) is 0 Å². The van der Waals surface area contributed by atoms with Crippen molar-refractivity contribution in [3.8, 4) is 19.5 Å². The number of thiophene rings is 9. The van der Waals surface area contributed by atoms with E-state index in [1.54, 1.807) is 46.4 Å². The van der Waals surface area contributed by atoms with Gasteiger partial charge < -0.3 is 28.3 Å². The normalized spacial score (nSPS) is 19.2. The maximum Gasteiger partial charge on any atom is 2.00 e. The fraction of sp³-hybridized carbons (Fsp3) is 0.263. The van der Waals surface area contributed by atoms with Crippen molar-refractivity contribution in [2.45, 2.75) is 94.8 Å². The fourth-order valence-corrected chi connectivity index (χ4v) is 19.7. The number of aryl methyl sites for hydroxylation is 6. The number of allylic oxidation sites excluding steroid dienone is 6. The van der Waals surface area contributed by atoms with Gasteiger partial charge in [-0.1, -0.05) is 35.3 Å². The van der Waals surface area contributed by atoms with E-state index in [1.165, 1.54) is 88.5 Å². The topological polar surface area (TPSA) is 0 Å². The number of hydrogen-bond donors (Lipinski definition) is 0. The van der Waals surface area contributed by atoms with Crippen molar-refractivity contribution in [3.63, 3.8) is 0 Å². The summed E-state index contributed by atoms with van der Waals surface area (Å²) < 4.78 is 263. The third kappa shape index (κ3) is 12.5. The van der Waals surface area contributed by atoms with Crippen molar-refractivity contribution in [1.29, 1.82) is 0 Å². The molecule has 90 heavy (non-hydrogen) atoms. The molecular formula is C57H33Br3Cl2F18MgS9. The van der Waals surface area contributed by atoms with Gasteiger partial charge in [-0.25, -0.2) is 6.07 Å². The maximum absolute atomic E-state index is 15.2. The largest absolute Gasteiger partial charge is 2.00 e. The van der Waals surface area contributed by atoms with Crippen molar-refractivity contribution < 1.29 is 96.0 Å². The second kappa shape index (κ2) is 26.8. The molecule has 0 aliphatic heterocycles. The molecule has 0 fully saturated rings. The van der Waals surface area contributed by atoms with Gasteiger partial charge in [-0.3, -0.25) is 0 Å². The van der Waals surface area contributed by atoms with Gasteiger partial charge in [0.15, 0.2) is 0 Å². The minimum absolute atomic E-state index is 0. The summed E-state index contributed by atoms with van der Waals surface area (Å²) in [6.07, 6.45) is 0. The van der Waals surface area contributed by atoms with E-state index in [-0.39, 0.29) is 100 Å². The smallest absolute Gasteiger partial charge is 1.00 e. The maximum atomic E-state index is 15.2. The van der Waals surface area contributed by atoms with Gasteiger partial charge >= 0.3 is 76.4 Å². The molecule has 0 nitrogen and oxygen atoms in total. The first-order valence-electron chi connectivity index (χ1n) is 24.5. The van der Waals surface area contributed by atoms with Crippen LogP contribution in [0.5, 0.6) is 0 Å². The fourth-order valence-electron chi connectivity index (χ4n) is 9.81. The molecule has 12 rings (SSSR count). The average molecular weight is 1680 g/mol. The Morgan fingerprint density at radius 1 is 0.356 bits per heavy atom. The van der Waals surface area contributed by atoms with Crippen LogP contribution in [-0.2, 0) is 0 Å². The summed E-state index contributed by atoms with van der Waals surface area (Å²) >= 11 is 28.0. The third-order valence-electron chi connectivity index (χ3n) is 13.9. The Kier molecular flexibility index (Phi) is 22.5. The van der Waals surface area contributed by atoms with Gasteiger partial charge in [0.25, 0.3) is 0 Å². The van der Waals surface area contributed by atoms with E-state index in [9.17, 15) is 61.5 Å². The molecule has 33 heteroatoms. The summed E-state index contributed by atoms with van der Waals surface area (Å²) in [5.74, 6) is -46.9. The number of hydrogen-bond acceptors (Lipinski definition) is 9. The summed E-state index contributed by atoms with van der Waals surface area (Å²) in [6.45, 7) is 8.55. The first kappa shape index (κ1) is 75.4. The molecule has 0 saturated heterocycles. The molecular weight excluding hydrogens is 1650 g/mol. The van der Waals surface area contributed by atoms with Gasteiger partial charge in [-0.05, 0) is 166 Å². The predicted octanol–water partition coefficient (Wildman–Crippen LogP) is 23.2. The quantitative estimate of drug-likeness (QED) is 0.0808. The monoisotopic (exact) mass is 1680 g/mol. The number of halogens is 23. The van der Waals surface area contributed by atoms with Gasteiger partial charge in [-0.15, -0.1) is 96.1 Å². The molecule has 0 atom stereocenters. The molecule has 0 aromatic carbocycles. The van der Waals surface area contributed by atoms with Crippen molar-refractivity contribution in [3.05, 3.63) is 173 Å². The van der Waals surface area contributed by atoms with Crippen molar-refractivity contribution in [2.75, 3.05) is 0 Å². The molecule has 0 saturated carbocycles. The molecule has 9 heterocycles. The van der Waals surface area contributed by atoms with Crippen LogP contribution in [0.4, 0.5) is 79.0 Å². The Bertz CT molecular complexity index is 3770. The van der Waals surface area contributed by atoms with Gasteiger partial charge in [-0.2, -0.15) is 90.5 Å². The first-order chi connectivity index (χ1) is 40.6. The van der Waals surface area contributed by atoms with Crippen LogP contribution in [0.15, 0.2) is 96.5 Å². The molecule has 0 radical (unpaired) electrons. The van der Waals surface area contributed by atoms with Crippen LogP contribution in [0.3, 0.4) is 0 Å². The van der Waals surface area contributed by atoms with Gasteiger partial charge in [0.2, 0.25) is 0 Å². The second-order valence-electron chi connectivity index (χ2n) is 19.3. The van der Waals surface area contributed by atoms with Crippen LogP contribution < -0.4 is 17.0 Å². The summed E-state index contributed by atoms with van der Waals surface area (Å²) in [4.78, 5) is 4.00. The Balaban J connectivity index is 0.000000185. The van der Waals surface area contributed by atoms with E-state index in [4.69, 9.17) is 23.2 Å². The molecule has 0 N–H and O–H groups in total. The van der Waals surface area contributed by atoms with Crippen LogP contribution in [0.2, 0.25) is 8.67 Å². The van der Waals surface area contributed by atoms with Crippen LogP contribution >= 0.6 is 157 Å². The van der Waals surface area contributed by atoms with Crippen molar-refractivity contribution >= 4 is 214 Å². The average Bonchev–Trinajstić information content (AvgIpc) is 1.55. The molecule has 478 valence electrons. The Morgan fingerprint density at radius 3 is 0.822 bits per heavy atom. The Morgan fingerprint density at radius 2 is 0.622 bits per heavy atom. The number of rotatable bonds is 8. The molecule has 0 spiro atoms. The molecule has 0 bridgehead atoms. The van der Waals surface area contributed by atoms with Crippen molar-refractivity contribution in [2.24, 2.45) is 0 Å². The first-order valence-corrected chi connectivity index (χ1v) is 34.4. The third-order valence-corrected chi connectivity index (χ3v) is 24.2. The van der Waals surface area contributed by atoms with E-state index in [2.05, 4.69) is 37.2 Å². The molecule has 3 aliphatic carbocycles. The SMILES string of the molecule is Cc1sc(-c2cccs2)cc1C1=C(c2cc(-c3cccs3)sc2C)C(F)(F)C(F)(F)C1(F)F.Cc1sc(Br)cc1C1=C(c2cc(Br)sc2C)C(F)(F)C(F)(F)C1(F)F.Cc1sc(Cl)cc1C1=C(c2cc(Cl)sc2C)C(F)(F)C(F)(F)C1(F)F.[Br-].[Mg+2].[c-]1cccs1. The van der Waals surface area contributed by atoms with Crippen LogP contribution in [0.25, 0.3) is 52.9 Å². The Labute approximate surface area is 590 Å². The van der Waals surface area contributed by atoms with E-state index >= 15 is 17.6 Å². The van der Waals surface area contributed by atoms with Gasteiger partial charge in [0.05, 0.1) is 16.2 Å². The molecule has 0 unspecified atom stereocenters. The molecule has 9 aromatic rings. The minimum atomic E-state index is -5.58. The molecule has 3 aliphatic rings. The molecule has 9 aromatic heterocycles. The molecule has 0 amide bonds. The van der Waals surface area contributed by atoms with E-state index in [1.807, 2.05) is 17.5 Å². The van der Waals surface area contributed by atoms with Crippen LogP contribution in [0, 0.1) is 46.9 Å². The van der Waals surface area contributed by atoms with Gasteiger partial charge in [0.1, 0.15) is 0 Å². The van der Waals surface area contributed by atoms with E-state index in [0.29, 0.717) is 17.3 Å². The summed E-state index contributed by atoms with van der Waals surface area (Å²) in [5, 5.41) is 8.48. The van der Waals surface area contributed by atoms with Gasteiger partial charge in [0, 0.05) is 82.2 Å². The standard InChI is InChI=1S/C23H14F6S4.C15H8Br2F6S2.C15H8Cl2F6S2.C4H3S.BrH.Mg/c1-11-13(9-17(32-11)15-5-3-7-30-15)19-20(22(26,27)23(28,29)21(19,24)25)14-10-18(33-12(14)2)16-6-4-8-31-16;2*1-5-7(3-9(16)24-5)11-12(8-4-10(17)25-6(8)2)14(20,21)15(22,23)13(11,18)19;1-2-4-5-3-1;;/h3-10H,1-2H3;2*3-4H,1-2H3;1-3H;1H;/q;;;-1;;+2/p-1. The second-order valence-corrected chi connectivity index (χ2v) is 33.5. The van der Waals surface area contributed by atoms with E-state index < -0.39 is 97.9 Å². The summed E-state index contributed by atoms with van der Waals surface area (Å²) in [6, 6.07) is 18.0. The van der Waals surface area contributed by atoms with Crippen LogP contribution in [0.1, 0.15) is 62.6 Å². The zero-order chi connectivity index (χ0) is 65.2. The van der Waals surface area contributed by atoms with Crippen LogP contribution in [-0.4, -0.2) is 76.4 Å². The zero-order valence-corrected chi connectivity index (χ0v) is 60.8. The zero-order valence-electron chi connectivity index (χ0n) is 45.7. The summed E-state index contributed by atoms with van der Waals surface area (Å²) in [5.41, 5.74) is -9.92. The summed E-state index contributed by atoms with van der Waals surface area (Å²) in [7, 11) is 0. The number of alkyl halides is 18. The minimum Gasteiger partial charge on any atom is -1.00 e. The van der Waals surface area contributed by atoms with E-state index in [0.717, 1.165) is 89.9 Å².